The van der Waals surface area contributed by atoms with Crippen molar-refractivity contribution in [1.82, 2.24) is 38.8 Å². The van der Waals surface area contributed by atoms with E-state index in [9.17, 15) is 18.0 Å². The normalized spacial score (nSPS) is 17.3. The van der Waals surface area contributed by atoms with Crippen LogP contribution in [0.1, 0.15) is 53.3 Å². The lowest BCUT2D eigenvalue weighted by Crippen LogP contribution is -2.52. The molecule has 5 rings (SSSR count). The molecule has 0 radical (unpaired) electrons. The third-order valence-electron chi connectivity index (χ3n) is 7.63. The third kappa shape index (κ3) is 6.10. The molecule has 0 bridgehead atoms. The topological polar surface area (TPSA) is 156 Å². The number of likely N-dealkylation sites (N-methyl/N-ethyl adjacent to an activating group) is 1. The van der Waals surface area contributed by atoms with Gasteiger partial charge in [0.1, 0.15) is 21.8 Å². The number of sulfonamides is 1. The van der Waals surface area contributed by atoms with Gasteiger partial charge in [0.15, 0.2) is 5.52 Å². The van der Waals surface area contributed by atoms with Crippen LogP contribution in [0.25, 0.3) is 22.4 Å². The quantitative estimate of drug-likeness (QED) is 0.398. The number of aromatic nitrogens is 5. The molecule has 5 heterocycles. The van der Waals surface area contributed by atoms with Crippen molar-refractivity contribution in [3.05, 3.63) is 28.3 Å². The van der Waals surface area contributed by atoms with E-state index in [0.29, 0.717) is 51.2 Å². The lowest BCUT2D eigenvalue weighted by atomic mass is 10.1. The maximum Gasteiger partial charge on any atom is 0.410 e. The summed E-state index contributed by atoms with van der Waals surface area (Å²) in [5.41, 5.74) is 0.510. The van der Waals surface area contributed by atoms with Crippen LogP contribution in [0, 0.1) is 0 Å². The standard InChI is InChI=1S/C28H40N8O6S/c1-7-21-22-23(32-36(21)18-16-34(17-18)27(38)42-28(4,5)6)25(37)31-24(30-22)20-14-19(15-29-26(20)41-9-3)43(39,40)35-12-10-33(8-2)11-13-35/h14-15,18H,7-13,16-17H2,1-6H3,(H,30,31,37). The molecule has 43 heavy (non-hydrogen) atoms. The monoisotopic (exact) mass is 616 g/mol. The Hall–Kier alpha value is -3.56. The summed E-state index contributed by atoms with van der Waals surface area (Å²) in [7, 11) is -3.84. The molecule has 1 N–H and O–H groups in total. The second-order valence-corrected chi connectivity index (χ2v) is 13.6. The van der Waals surface area contributed by atoms with Crippen molar-refractivity contribution in [1.29, 1.82) is 0 Å². The van der Waals surface area contributed by atoms with Crippen molar-refractivity contribution in [2.75, 3.05) is 52.4 Å². The van der Waals surface area contributed by atoms with Crippen LogP contribution in [-0.4, -0.2) is 111 Å². The fourth-order valence-corrected chi connectivity index (χ4v) is 6.71. The Labute approximate surface area is 251 Å². The van der Waals surface area contributed by atoms with Crippen LogP contribution in [0.3, 0.4) is 0 Å². The molecule has 15 heteroatoms. The first-order valence-corrected chi connectivity index (χ1v) is 16.1. The number of carbonyl (C=O) groups is 1. The summed E-state index contributed by atoms with van der Waals surface area (Å²) in [6, 6.07) is 1.33. The van der Waals surface area contributed by atoms with Gasteiger partial charge in [-0.3, -0.25) is 9.48 Å². The summed E-state index contributed by atoms with van der Waals surface area (Å²) in [4.78, 5) is 41.4. The fourth-order valence-electron chi connectivity index (χ4n) is 5.31. The third-order valence-corrected chi connectivity index (χ3v) is 9.49. The predicted molar refractivity (Wildman–Crippen MR) is 160 cm³/mol. The van der Waals surface area contributed by atoms with Gasteiger partial charge in [0, 0.05) is 39.3 Å². The number of aryl methyl sites for hydroxylation is 1. The minimum atomic E-state index is -3.84. The highest BCUT2D eigenvalue weighted by atomic mass is 32.2. The number of amides is 1. The highest BCUT2D eigenvalue weighted by molar-refractivity contribution is 7.89. The van der Waals surface area contributed by atoms with Gasteiger partial charge in [-0.05, 0) is 46.7 Å². The van der Waals surface area contributed by atoms with Crippen LogP contribution < -0.4 is 10.3 Å². The second kappa shape index (κ2) is 11.8. The molecule has 0 aliphatic carbocycles. The number of aromatic amines is 1. The first kappa shape index (κ1) is 30.9. The van der Waals surface area contributed by atoms with Crippen molar-refractivity contribution in [2.45, 2.75) is 64.5 Å². The highest BCUT2D eigenvalue weighted by Crippen LogP contribution is 2.32. The van der Waals surface area contributed by atoms with E-state index >= 15 is 0 Å². The average Bonchev–Trinajstić information content (AvgIpc) is 3.30. The van der Waals surface area contributed by atoms with E-state index in [4.69, 9.17) is 14.5 Å². The lowest BCUT2D eigenvalue weighted by Gasteiger charge is -2.40. The molecule has 0 saturated carbocycles. The van der Waals surface area contributed by atoms with Gasteiger partial charge in [-0.2, -0.15) is 9.40 Å². The number of likely N-dealkylation sites (tertiary alicyclic amines) is 1. The minimum absolute atomic E-state index is 0.00163. The molecule has 234 valence electrons. The Kier molecular flexibility index (Phi) is 8.51. The zero-order valence-corrected chi connectivity index (χ0v) is 26.4. The molecular formula is C28H40N8O6S. The number of piperazine rings is 1. The van der Waals surface area contributed by atoms with Crippen LogP contribution in [-0.2, 0) is 21.2 Å². The first-order valence-electron chi connectivity index (χ1n) is 14.7. The second-order valence-electron chi connectivity index (χ2n) is 11.7. The molecular weight excluding hydrogens is 576 g/mol. The summed E-state index contributed by atoms with van der Waals surface area (Å²) in [5, 5.41) is 4.58. The number of carbonyl (C=O) groups excluding carboxylic acids is 1. The summed E-state index contributed by atoms with van der Waals surface area (Å²) in [5.74, 6) is 0.303. The Bertz CT molecular complexity index is 1660. The highest BCUT2D eigenvalue weighted by Gasteiger charge is 2.37. The molecule has 0 aromatic carbocycles. The van der Waals surface area contributed by atoms with Crippen molar-refractivity contribution in [2.24, 2.45) is 0 Å². The fraction of sp³-hybridized carbons (Fsp3) is 0.607. The SMILES string of the molecule is CCOc1ncc(S(=O)(=O)N2CCN(CC)CC2)cc1-c1nc2c(CC)n(C3CN(C(=O)OC(C)(C)C)C3)nc2c(=O)[nH]1. The van der Waals surface area contributed by atoms with Crippen LogP contribution >= 0.6 is 0 Å². The summed E-state index contributed by atoms with van der Waals surface area (Å²) in [6.45, 7) is 15.2. The molecule has 14 nitrogen and oxygen atoms in total. The summed E-state index contributed by atoms with van der Waals surface area (Å²) >= 11 is 0. The Morgan fingerprint density at radius 3 is 2.40 bits per heavy atom. The number of fused-ring (bicyclic) bond motifs is 1. The van der Waals surface area contributed by atoms with Gasteiger partial charge < -0.3 is 24.3 Å². The van der Waals surface area contributed by atoms with Crippen LogP contribution in [0.5, 0.6) is 5.88 Å². The van der Waals surface area contributed by atoms with Gasteiger partial charge in [0.25, 0.3) is 5.56 Å². The number of rotatable bonds is 8. The molecule has 3 aromatic rings. The summed E-state index contributed by atoms with van der Waals surface area (Å²) in [6.07, 6.45) is 1.42. The number of nitrogens with zero attached hydrogens (tertiary/aromatic N) is 7. The Morgan fingerprint density at radius 1 is 1.09 bits per heavy atom. The van der Waals surface area contributed by atoms with Gasteiger partial charge in [-0.15, -0.1) is 0 Å². The van der Waals surface area contributed by atoms with Gasteiger partial charge in [-0.1, -0.05) is 13.8 Å². The number of hydrogen-bond donors (Lipinski definition) is 1. The van der Waals surface area contributed by atoms with Crippen LogP contribution in [0.15, 0.2) is 22.0 Å². The maximum absolute atomic E-state index is 13.6. The van der Waals surface area contributed by atoms with Gasteiger partial charge in [0.2, 0.25) is 15.9 Å². The van der Waals surface area contributed by atoms with Crippen molar-refractivity contribution in [3.63, 3.8) is 0 Å². The molecule has 2 aliphatic heterocycles. The number of ether oxygens (including phenoxy) is 2. The van der Waals surface area contributed by atoms with Gasteiger partial charge in [-0.25, -0.2) is 23.2 Å². The van der Waals surface area contributed by atoms with Gasteiger partial charge >= 0.3 is 6.09 Å². The number of nitrogens with one attached hydrogen (secondary N) is 1. The number of H-pyrrole nitrogens is 1. The number of hydrogen-bond acceptors (Lipinski definition) is 10. The van der Waals surface area contributed by atoms with Gasteiger partial charge in [0.05, 0.1) is 30.1 Å². The predicted octanol–water partition coefficient (Wildman–Crippen LogP) is 2.26. The van der Waals surface area contributed by atoms with E-state index in [2.05, 4.69) is 26.9 Å². The number of pyridine rings is 1. The van der Waals surface area contributed by atoms with Crippen molar-refractivity contribution < 1.29 is 22.7 Å². The molecule has 0 spiro atoms. The van der Waals surface area contributed by atoms with Crippen LogP contribution in [0.4, 0.5) is 4.79 Å². The van der Waals surface area contributed by atoms with E-state index in [1.165, 1.54) is 16.6 Å². The Balaban J connectivity index is 1.49. The molecule has 2 fully saturated rings. The average molecular weight is 617 g/mol. The maximum atomic E-state index is 13.6. The first-order chi connectivity index (χ1) is 20.4. The zero-order valence-electron chi connectivity index (χ0n) is 25.6. The lowest BCUT2D eigenvalue weighted by molar-refractivity contribution is -0.000644. The van der Waals surface area contributed by atoms with Crippen molar-refractivity contribution >= 4 is 27.1 Å². The van der Waals surface area contributed by atoms with E-state index < -0.39 is 27.3 Å². The molecule has 3 aromatic heterocycles. The van der Waals surface area contributed by atoms with Crippen LogP contribution in [0.2, 0.25) is 0 Å². The van der Waals surface area contributed by atoms with E-state index in [1.807, 2.05) is 27.7 Å². The Morgan fingerprint density at radius 2 is 1.79 bits per heavy atom. The smallest absolute Gasteiger partial charge is 0.410 e. The van der Waals surface area contributed by atoms with Crippen molar-refractivity contribution in [3.8, 4) is 17.3 Å². The molecule has 0 unspecified atom stereocenters. The zero-order chi connectivity index (χ0) is 31.1. The molecule has 0 atom stereocenters. The summed E-state index contributed by atoms with van der Waals surface area (Å²) < 4.78 is 41.5. The van der Waals surface area contributed by atoms with E-state index in [0.717, 1.165) is 12.2 Å². The molecule has 2 saturated heterocycles. The molecule has 1 amide bonds. The minimum Gasteiger partial charge on any atom is -0.477 e. The van der Waals surface area contributed by atoms with E-state index in [1.54, 1.807) is 16.5 Å². The molecule has 2 aliphatic rings. The van der Waals surface area contributed by atoms with E-state index in [-0.39, 0.29) is 40.3 Å². The largest absolute Gasteiger partial charge is 0.477 e.